The van der Waals surface area contributed by atoms with E-state index in [0.717, 1.165) is 111 Å². The maximum Gasteiger partial charge on any atom is 0.270 e. The Kier molecular flexibility index (Phi) is 30.4. The van der Waals surface area contributed by atoms with Crippen molar-refractivity contribution >= 4 is 189 Å². The topological polar surface area (TPSA) is 272 Å². The number of nitro benzene ring substituents is 3. The quantitative estimate of drug-likeness (QED) is 0.0503. The third kappa shape index (κ3) is 21.8. The Balaban J connectivity index is 0.000000141. The van der Waals surface area contributed by atoms with E-state index in [1.165, 1.54) is 125 Å². The van der Waals surface area contributed by atoms with Gasteiger partial charge in [0, 0.05) is 269 Å². The lowest BCUT2D eigenvalue weighted by Gasteiger charge is -2.32. The maximum absolute atomic E-state index is 12.3. The van der Waals surface area contributed by atoms with Crippen LogP contribution in [0.3, 0.4) is 0 Å². The van der Waals surface area contributed by atoms with Gasteiger partial charge in [-0.15, -0.1) is 23.1 Å². The van der Waals surface area contributed by atoms with Crippen molar-refractivity contribution < 1.29 is 46.5 Å². The average Bonchev–Trinajstić information content (AvgIpc) is 0.757. The number of rotatable bonds is 11. The van der Waals surface area contributed by atoms with E-state index in [9.17, 15) is 54.8 Å². The number of fused-ring (bicyclic) bond motifs is 12. The highest BCUT2D eigenvalue weighted by Crippen LogP contribution is 2.54. The first-order chi connectivity index (χ1) is 61.3. The second kappa shape index (κ2) is 41.0. The Labute approximate surface area is 787 Å². The van der Waals surface area contributed by atoms with Gasteiger partial charge >= 0.3 is 0 Å². The molecule has 2 aliphatic carbocycles. The minimum absolute atomic E-state index is 0. The molecule has 2 unspecified atom stereocenters. The zero-order valence-electron chi connectivity index (χ0n) is 75.3. The van der Waals surface area contributed by atoms with Gasteiger partial charge in [0.05, 0.1) is 74.6 Å². The molecule has 130 heavy (non-hydrogen) atoms. The molecular weight excluding hydrogens is 1780 g/mol. The average molecular weight is 1880 g/mol. The number of nitrogens with zero attached hydrogens (tertiary/aromatic N) is 16. The second-order valence-electron chi connectivity index (χ2n) is 32.5. The molecule has 27 nitrogen and oxygen atoms in total. The molecule has 0 saturated heterocycles. The van der Waals surface area contributed by atoms with Crippen LogP contribution in [0.4, 0.5) is 91.0 Å². The number of hydrogen-bond donors (Lipinski definition) is 0. The van der Waals surface area contributed by atoms with E-state index < -0.39 is 19.7 Å². The SMILES string of the molecule is CC(=O)N1c2ccc(N(C)C)cc2Sc2cc(N(C)C)ccc21.CC(=O)N1c2ccc(N(C)C)cc2Sc2cc(N(C)C)ccc21.CC(=O)N1c2ccc([N+](=O)[O-])cc2Sc2cc([N+](=O)[O-])ccc21.CN(C)c1ccc2c(c1)Sc1cc(N(C)C)ccc1C2.CN(C)c1ccc2nc3ccc(=[N+](C)C)cc-3sc2c1.O=[N+]([O-])C1=CC2Sc3cc([N+](=O)[O-])ccc3CC2C=C1.[Cl-]. The summed E-state index contributed by atoms with van der Waals surface area (Å²) in [6, 6.07) is 64.5. The maximum atomic E-state index is 12.3. The highest BCUT2D eigenvalue weighted by atomic mass is 35.5. The third-order valence-electron chi connectivity index (χ3n) is 21.8. The number of anilines is 13. The molecule has 0 spiro atoms. The third-order valence-corrected chi connectivity index (χ3v) is 28.7. The largest absolute Gasteiger partial charge is 1.00 e. The summed E-state index contributed by atoms with van der Waals surface area (Å²) in [6.45, 7) is 4.60. The van der Waals surface area contributed by atoms with Gasteiger partial charge in [0.2, 0.25) is 23.1 Å². The van der Waals surface area contributed by atoms with Crippen LogP contribution < -0.4 is 71.3 Å². The molecule has 2 atom stereocenters. The van der Waals surface area contributed by atoms with Gasteiger partial charge in [-0.05, 0) is 169 Å². The van der Waals surface area contributed by atoms with Gasteiger partial charge in [0.25, 0.3) is 22.8 Å². The van der Waals surface area contributed by atoms with Crippen LogP contribution in [0, 0.1) is 46.4 Å². The predicted molar refractivity (Wildman–Crippen MR) is 530 cm³/mol. The highest BCUT2D eigenvalue weighted by molar-refractivity contribution is 8.01. The van der Waals surface area contributed by atoms with Crippen LogP contribution in [-0.4, -0.2) is 160 Å². The summed E-state index contributed by atoms with van der Waals surface area (Å²) in [5.74, 6) is -0.0147. The van der Waals surface area contributed by atoms with Crippen LogP contribution in [0.2, 0.25) is 0 Å². The molecular formula is C96H99ClN16O11S6. The van der Waals surface area contributed by atoms with Crippen LogP contribution in [0.25, 0.3) is 20.8 Å². The molecule has 8 aliphatic rings. The first kappa shape index (κ1) is 96.5. The monoisotopic (exact) mass is 1880 g/mol. The lowest BCUT2D eigenvalue weighted by Crippen LogP contribution is -3.00. The number of amides is 3. The number of hydrogen-bond acceptors (Lipinski definition) is 25. The van der Waals surface area contributed by atoms with E-state index in [0.29, 0.717) is 21.2 Å². The molecule has 6 heterocycles. The molecule has 0 N–H and O–H groups in total. The molecule has 18 rings (SSSR count). The molecule has 34 heteroatoms. The molecule has 3 amide bonds. The van der Waals surface area contributed by atoms with Crippen molar-refractivity contribution in [2.75, 3.05) is 162 Å². The zero-order chi connectivity index (χ0) is 93.0. The summed E-state index contributed by atoms with van der Waals surface area (Å²) < 4.78 is 3.34. The Morgan fingerprint density at radius 2 is 0.700 bits per heavy atom. The molecule has 10 aromatic rings. The number of allylic oxidation sites excluding steroid dienone is 2. The van der Waals surface area contributed by atoms with Crippen LogP contribution in [0.15, 0.2) is 268 Å². The van der Waals surface area contributed by atoms with E-state index in [1.54, 1.807) is 76.7 Å². The lowest BCUT2D eigenvalue weighted by molar-refractivity contribution is -0.419. The summed E-state index contributed by atoms with van der Waals surface area (Å²) in [6.07, 6.45) is 6.83. The standard InChI is InChI=1S/2C18H21N3OS.C17H20N2S.C16H18N3S.C14H9N3O5S.C13H10N2O4S.ClH/c2*1-12(22)21-15-8-6-13(19(2)3)10-17(15)23-18-11-14(20(4)5)7-9-16(18)21;1-18(2)14-7-5-12-9-13-6-8-15(19(3)4)11-17(13)20-16(12)10-14;1-18(2)11-5-7-13-15(9-11)20-16-10-12(19(3)4)6-8-14(16)17-13;1-8(18)15-11-4-2-9(16(19)20)6-13(11)23-14-7-10(17(21)22)3-5-12(14)15;16-14(17)10-3-1-8-5-9-2-4-11(15(18)19)7-13(9)20-12(8)6-10;/h2*6-11H,1-5H3;5-8,10-11H,9H2,1-4H3;5-10H,1-4H3;2-7H,1H3;1-4,6-8,12H,5H2;1H/q;;;+1;;;/p-1. The highest BCUT2D eigenvalue weighted by Gasteiger charge is 2.35. The molecule has 0 bridgehead atoms. The summed E-state index contributed by atoms with van der Waals surface area (Å²) in [4.78, 5) is 113. The van der Waals surface area contributed by atoms with Crippen LogP contribution >= 0.6 is 70.1 Å². The number of aromatic nitrogens is 1. The molecule has 672 valence electrons. The Morgan fingerprint density at radius 1 is 0.377 bits per heavy atom. The zero-order valence-corrected chi connectivity index (χ0v) is 81.0. The van der Waals surface area contributed by atoms with Gasteiger partial charge in [-0.1, -0.05) is 71.3 Å². The Bertz CT molecular complexity index is 6190. The van der Waals surface area contributed by atoms with Gasteiger partial charge < -0.3 is 46.7 Å². The van der Waals surface area contributed by atoms with E-state index in [4.69, 9.17) is 4.98 Å². The van der Waals surface area contributed by atoms with E-state index in [-0.39, 0.29) is 64.1 Å². The molecule has 0 saturated carbocycles. The van der Waals surface area contributed by atoms with Gasteiger partial charge in [0.15, 0.2) is 0 Å². The van der Waals surface area contributed by atoms with Crippen LogP contribution in [-0.2, 0) is 27.2 Å². The van der Waals surface area contributed by atoms with E-state index in [1.807, 2.05) is 98.5 Å². The van der Waals surface area contributed by atoms with E-state index >= 15 is 0 Å². The lowest BCUT2D eigenvalue weighted by atomic mass is 9.91. The smallest absolute Gasteiger partial charge is 0.270 e. The minimum atomic E-state index is -0.526. The van der Waals surface area contributed by atoms with Crippen molar-refractivity contribution in [1.82, 2.24) is 9.56 Å². The predicted octanol–water partition coefficient (Wildman–Crippen LogP) is 17.9. The van der Waals surface area contributed by atoms with Crippen LogP contribution in [0.5, 0.6) is 0 Å². The van der Waals surface area contributed by atoms with Crippen molar-refractivity contribution in [1.29, 1.82) is 0 Å². The first-order valence-corrected chi connectivity index (χ1v) is 45.8. The fourth-order valence-electron chi connectivity index (χ4n) is 14.8. The summed E-state index contributed by atoms with van der Waals surface area (Å²) in [7, 11) is 32.8. The number of nitro groups is 4. The summed E-state index contributed by atoms with van der Waals surface area (Å²) in [5.41, 5.74) is 19.1. The number of benzene rings is 11. The number of non-ortho nitro benzene ring substituents is 3. The van der Waals surface area contributed by atoms with Crippen LogP contribution in [0.1, 0.15) is 37.5 Å². The molecule has 0 radical (unpaired) electrons. The molecule has 0 aromatic heterocycles. The van der Waals surface area contributed by atoms with Crippen molar-refractivity contribution in [2.45, 2.75) is 82.9 Å². The van der Waals surface area contributed by atoms with Crippen molar-refractivity contribution in [3.8, 4) is 10.6 Å². The number of halogens is 1. The summed E-state index contributed by atoms with van der Waals surface area (Å²) in [5, 5.41) is 44.6. The van der Waals surface area contributed by atoms with Crippen molar-refractivity contribution in [3.63, 3.8) is 0 Å². The second-order valence-corrected chi connectivity index (χ2v) is 39.2. The molecule has 0 fully saturated rings. The van der Waals surface area contributed by atoms with Crippen molar-refractivity contribution in [2.24, 2.45) is 5.92 Å². The number of carbonyl (C=O) groups is 3. The Hall–Kier alpha value is -12.6. The van der Waals surface area contributed by atoms with Crippen molar-refractivity contribution in [3.05, 3.63) is 287 Å². The summed E-state index contributed by atoms with van der Waals surface area (Å²) >= 11 is 9.75. The fraction of sp³-hybridized carbons (Fsp3) is 0.240. The van der Waals surface area contributed by atoms with E-state index in [2.05, 4.69) is 217 Å². The first-order valence-electron chi connectivity index (χ1n) is 40.9. The minimum Gasteiger partial charge on any atom is -1.00 e. The van der Waals surface area contributed by atoms with Gasteiger partial charge in [-0.2, -0.15) is 0 Å². The fourth-order valence-corrected chi connectivity index (χ4v) is 21.7. The number of carbonyl (C=O) groups excluding carboxylic acids is 3. The number of thioether (sulfide) groups is 1. The molecule has 6 aliphatic heterocycles. The normalized spacial score (nSPS) is 13.8. The van der Waals surface area contributed by atoms with Gasteiger partial charge in [-0.3, -0.25) is 69.5 Å². The van der Waals surface area contributed by atoms with Gasteiger partial charge in [-0.25, -0.2) is 9.56 Å². The van der Waals surface area contributed by atoms with Gasteiger partial charge in [0.1, 0.15) is 14.1 Å². The molecule has 10 aromatic carbocycles. The Morgan fingerprint density at radius 3 is 1.06 bits per heavy atom.